The first-order chi connectivity index (χ1) is 7.92. The first kappa shape index (κ1) is 8.91. The van der Waals surface area contributed by atoms with Gasteiger partial charge < -0.3 is 0 Å². The molecule has 1 N–H and O–H groups in total. The molecule has 0 aliphatic carbocycles. The number of nitrogens with zero attached hydrogens (tertiary/aromatic N) is 3. The summed E-state index contributed by atoms with van der Waals surface area (Å²) in [4.78, 5) is 8.20. The van der Waals surface area contributed by atoms with E-state index in [0.717, 1.165) is 0 Å². The van der Waals surface area contributed by atoms with Crippen LogP contribution >= 0.6 is 0 Å². The zero-order chi connectivity index (χ0) is 10.8. The Kier molecular flexibility index (Phi) is 2.04. The van der Waals surface area contributed by atoms with Crippen molar-refractivity contribution in [2.45, 2.75) is 0 Å². The Balaban J connectivity index is 1.95. The average molecular weight is 210 g/mol. The van der Waals surface area contributed by atoms with E-state index in [1.165, 1.54) is 10.8 Å². The number of hydrogen-bond acceptors (Lipinski definition) is 3. The standard InChI is InChI=1S/C12H10N4/c1-2-5-11-9-16(8-10(11)4-1)15-12-13-6-3-7-14-12/h1-9H,(H,13,14,15). The summed E-state index contributed by atoms with van der Waals surface area (Å²) in [5, 5.41) is 2.37. The van der Waals surface area contributed by atoms with Crippen molar-refractivity contribution in [3.8, 4) is 0 Å². The lowest BCUT2D eigenvalue weighted by molar-refractivity contribution is 0.932. The first-order valence-corrected chi connectivity index (χ1v) is 5.02. The number of hydrogen-bond donors (Lipinski definition) is 1. The van der Waals surface area contributed by atoms with Crippen molar-refractivity contribution < 1.29 is 0 Å². The number of benzene rings is 1. The van der Waals surface area contributed by atoms with Crippen LogP contribution in [0.15, 0.2) is 55.1 Å². The van der Waals surface area contributed by atoms with E-state index < -0.39 is 0 Å². The zero-order valence-corrected chi connectivity index (χ0v) is 8.54. The van der Waals surface area contributed by atoms with Gasteiger partial charge in [0.15, 0.2) is 0 Å². The predicted octanol–water partition coefficient (Wildman–Crippen LogP) is 2.31. The van der Waals surface area contributed by atoms with Crippen molar-refractivity contribution in [3.05, 3.63) is 55.1 Å². The van der Waals surface area contributed by atoms with Crippen LogP contribution < -0.4 is 5.43 Å². The monoisotopic (exact) mass is 210 g/mol. The van der Waals surface area contributed by atoms with Crippen molar-refractivity contribution in [2.24, 2.45) is 0 Å². The van der Waals surface area contributed by atoms with Crippen LogP contribution in [-0.2, 0) is 0 Å². The molecule has 0 aliphatic rings. The van der Waals surface area contributed by atoms with Crippen molar-refractivity contribution in [2.75, 3.05) is 5.43 Å². The molecule has 0 saturated heterocycles. The molecule has 0 fully saturated rings. The van der Waals surface area contributed by atoms with Gasteiger partial charge in [0.1, 0.15) is 0 Å². The molecule has 0 unspecified atom stereocenters. The molecule has 2 aromatic heterocycles. The average Bonchev–Trinajstić information content (AvgIpc) is 2.72. The van der Waals surface area contributed by atoms with E-state index in [0.29, 0.717) is 5.95 Å². The highest BCUT2D eigenvalue weighted by atomic mass is 15.4. The molecule has 4 nitrogen and oxygen atoms in total. The smallest absolute Gasteiger partial charge is 0.242 e. The van der Waals surface area contributed by atoms with Crippen LogP contribution in [0.1, 0.15) is 0 Å². The number of anilines is 1. The maximum absolute atomic E-state index is 4.10. The fraction of sp³-hybridized carbons (Fsp3) is 0. The topological polar surface area (TPSA) is 42.7 Å². The highest BCUT2D eigenvalue weighted by molar-refractivity contribution is 5.82. The predicted molar refractivity (Wildman–Crippen MR) is 63.0 cm³/mol. The zero-order valence-electron chi connectivity index (χ0n) is 8.54. The Labute approximate surface area is 92.5 Å². The van der Waals surface area contributed by atoms with Gasteiger partial charge in [-0.15, -0.1) is 0 Å². The molecule has 0 saturated carbocycles. The number of fused-ring (bicyclic) bond motifs is 1. The van der Waals surface area contributed by atoms with Crippen LogP contribution in [0, 0.1) is 0 Å². The van der Waals surface area contributed by atoms with Crippen molar-refractivity contribution in [3.63, 3.8) is 0 Å². The Bertz CT molecular complexity index is 567. The highest BCUT2D eigenvalue weighted by Gasteiger charge is 1.98. The van der Waals surface area contributed by atoms with Gasteiger partial charge in [-0.1, -0.05) is 24.3 Å². The van der Waals surface area contributed by atoms with E-state index in [2.05, 4.69) is 27.5 Å². The summed E-state index contributed by atoms with van der Waals surface area (Å²) in [5.41, 5.74) is 3.09. The summed E-state index contributed by atoms with van der Waals surface area (Å²) in [5.74, 6) is 0.586. The number of aromatic nitrogens is 3. The van der Waals surface area contributed by atoms with Crippen molar-refractivity contribution in [1.82, 2.24) is 14.6 Å². The first-order valence-electron chi connectivity index (χ1n) is 5.02. The minimum Gasteiger partial charge on any atom is -0.267 e. The Morgan fingerprint density at radius 3 is 2.12 bits per heavy atom. The molecule has 2 heterocycles. The van der Waals surface area contributed by atoms with Crippen LogP contribution in [0.4, 0.5) is 5.95 Å². The molecular weight excluding hydrogens is 200 g/mol. The van der Waals surface area contributed by atoms with Crippen LogP contribution in [0.3, 0.4) is 0 Å². The maximum Gasteiger partial charge on any atom is 0.242 e. The minimum absolute atomic E-state index is 0.586. The summed E-state index contributed by atoms with van der Waals surface area (Å²) in [6, 6.07) is 9.97. The van der Waals surface area contributed by atoms with E-state index in [4.69, 9.17) is 0 Å². The molecule has 3 rings (SSSR count). The quantitative estimate of drug-likeness (QED) is 0.705. The van der Waals surface area contributed by atoms with Crippen LogP contribution in [-0.4, -0.2) is 14.6 Å². The lowest BCUT2D eigenvalue weighted by Crippen LogP contribution is -2.08. The summed E-state index contributed by atoms with van der Waals surface area (Å²) in [6.07, 6.45) is 7.43. The molecule has 16 heavy (non-hydrogen) atoms. The number of nitrogens with one attached hydrogen (secondary N) is 1. The SMILES string of the molecule is c1cnc(Nn2cc3ccccc3c2)nc1. The van der Waals surface area contributed by atoms with Gasteiger partial charge in [-0.25, -0.2) is 9.97 Å². The Hall–Kier alpha value is -2.36. The van der Waals surface area contributed by atoms with Crippen LogP contribution in [0.25, 0.3) is 10.8 Å². The van der Waals surface area contributed by atoms with E-state index in [-0.39, 0.29) is 0 Å². The lowest BCUT2D eigenvalue weighted by Gasteiger charge is -2.03. The second kappa shape index (κ2) is 3.66. The third kappa shape index (κ3) is 1.61. The Morgan fingerprint density at radius 2 is 1.50 bits per heavy atom. The second-order valence-electron chi connectivity index (χ2n) is 3.48. The maximum atomic E-state index is 4.10. The van der Waals surface area contributed by atoms with Crippen molar-refractivity contribution in [1.29, 1.82) is 0 Å². The van der Waals surface area contributed by atoms with Gasteiger partial charge in [0.05, 0.1) is 0 Å². The molecule has 0 atom stereocenters. The minimum atomic E-state index is 0.586. The molecule has 0 amide bonds. The number of rotatable bonds is 2. The normalized spacial score (nSPS) is 10.5. The second-order valence-corrected chi connectivity index (χ2v) is 3.48. The highest BCUT2D eigenvalue weighted by Crippen LogP contribution is 2.14. The van der Waals surface area contributed by atoms with E-state index in [1.807, 2.05) is 29.2 Å². The largest absolute Gasteiger partial charge is 0.267 e. The summed E-state index contributed by atoms with van der Waals surface area (Å²) in [7, 11) is 0. The van der Waals surface area contributed by atoms with Crippen LogP contribution in [0.5, 0.6) is 0 Å². The van der Waals surface area contributed by atoms with E-state index in [9.17, 15) is 0 Å². The van der Waals surface area contributed by atoms with Gasteiger partial charge in [0.25, 0.3) is 0 Å². The van der Waals surface area contributed by atoms with Gasteiger partial charge in [-0.05, 0) is 6.07 Å². The lowest BCUT2D eigenvalue weighted by atomic mass is 10.2. The molecule has 4 heteroatoms. The molecule has 0 spiro atoms. The van der Waals surface area contributed by atoms with E-state index >= 15 is 0 Å². The molecule has 1 aromatic carbocycles. The fourth-order valence-corrected chi connectivity index (χ4v) is 1.62. The van der Waals surface area contributed by atoms with Gasteiger partial charge in [-0.3, -0.25) is 10.1 Å². The van der Waals surface area contributed by atoms with Gasteiger partial charge in [0, 0.05) is 35.6 Å². The molecule has 3 aromatic rings. The summed E-state index contributed by atoms with van der Waals surface area (Å²) >= 11 is 0. The Morgan fingerprint density at radius 1 is 0.875 bits per heavy atom. The molecule has 78 valence electrons. The molecule has 0 radical (unpaired) electrons. The van der Waals surface area contributed by atoms with Crippen molar-refractivity contribution >= 4 is 16.7 Å². The van der Waals surface area contributed by atoms with Gasteiger partial charge >= 0.3 is 0 Å². The molecule has 0 aliphatic heterocycles. The van der Waals surface area contributed by atoms with Crippen LogP contribution in [0.2, 0.25) is 0 Å². The van der Waals surface area contributed by atoms with Gasteiger partial charge in [0.2, 0.25) is 5.95 Å². The van der Waals surface area contributed by atoms with Gasteiger partial charge in [-0.2, -0.15) is 0 Å². The molecule has 0 bridgehead atoms. The third-order valence-corrected chi connectivity index (χ3v) is 2.35. The molecular formula is C12H10N4. The van der Waals surface area contributed by atoms with E-state index in [1.54, 1.807) is 18.5 Å². The third-order valence-electron chi connectivity index (χ3n) is 2.35. The fourth-order valence-electron chi connectivity index (χ4n) is 1.62. The summed E-state index contributed by atoms with van der Waals surface area (Å²) in [6.45, 7) is 0. The summed E-state index contributed by atoms with van der Waals surface area (Å²) < 4.78 is 1.86.